The van der Waals surface area contributed by atoms with Crippen molar-refractivity contribution < 1.29 is 9.59 Å². The zero-order valence-corrected chi connectivity index (χ0v) is 18.2. The van der Waals surface area contributed by atoms with Gasteiger partial charge in [-0.15, -0.1) is 11.8 Å². The Hall–Kier alpha value is -2.27. The summed E-state index contributed by atoms with van der Waals surface area (Å²) < 4.78 is 0. The number of hydrogen-bond acceptors (Lipinski definition) is 3. The third kappa shape index (κ3) is 5.63. The minimum atomic E-state index is -0.423. The zero-order valence-electron chi connectivity index (χ0n) is 17.4. The first-order valence-corrected chi connectivity index (χ1v) is 11.3. The summed E-state index contributed by atoms with van der Waals surface area (Å²) in [5.41, 5.74) is 2.96. The third-order valence-corrected chi connectivity index (χ3v) is 6.47. The molecule has 1 aliphatic rings. The molecule has 4 nitrogen and oxygen atoms in total. The standard InChI is InChI=1S/C24H30N2O2S/c1-17(2)15-22-26(24(28)20-11-9-18(3)10-12-20)21(16-29-22)23(27)25-14-13-19-7-5-4-6-8-19/h4-12,17,21-22H,13-16H2,1-3H3,(H,25,27). The largest absolute Gasteiger partial charge is 0.354 e. The van der Waals surface area contributed by atoms with E-state index in [2.05, 4.69) is 31.3 Å². The number of hydrogen-bond donors (Lipinski definition) is 1. The van der Waals surface area contributed by atoms with E-state index in [1.54, 1.807) is 11.8 Å². The minimum Gasteiger partial charge on any atom is -0.354 e. The van der Waals surface area contributed by atoms with Gasteiger partial charge in [0.25, 0.3) is 5.91 Å². The first-order chi connectivity index (χ1) is 14.0. The van der Waals surface area contributed by atoms with E-state index in [4.69, 9.17) is 0 Å². The fourth-order valence-corrected chi connectivity index (χ4v) is 5.20. The van der Waals surface area contributed by atoms with E-state index in [0.717, 1.165) is 18.4 Å². The van der Waals surface area contributed by atoms with Gasteiger partial charge in [-0.2, -0.15) is 0 Å². The fourth-order valence-electron chi connectivity index (χ4n) is 3.56. The van der Waals surface area contributed by atoms with Gasteiger partial charge < -0.3 is 10.2 Å². The lowest BCUT2D eigenvalue weighted by Crippen LogP contribution is -2.50. The van der Waals surface area contributed by atoms with E-state index in [0.29, 0.717) is 23.8 Å². The number of aryl methyl sites for hydroxylation is 1. The van der Waals surface area contributed by atoms with Gasteiger partial charge >= 0.3 is 0 Å². The molecule has 3 rings (SSSR count). The van der Waals surface area contributed by atoms with E-state index in [1.807, 2.05) is 54.3 Å². The van der Waals surface area contributed by atoms with Gasteiger partial charge in [0.2, 0.25) is 5.91 Å². The third-order valence-electron chi connectivity index (χ3n) is 5.16. The Morgan fingerprint density at radius 1 is 1.10 bits per heavy atom. The number of nitrogens with one attached hydrogen (secondary N) is 1. The minimum absolute atomic E-state index is 0.0358. The first-order valence-electron chi connectivity index (χ1n) is 10.3. The monoisotopic (exact) mass is 410 g/mol. The Morgan fingerprint density at radius 2 is 1.79 bits per heavy atom. The van der Waals surface area contributed by atoms with Crippen molar-refractivity contribution in [3.8, 4) is 0 Å². The number of rotatable bonds is 7. The Bertz CT molecular complexity index is 821. The Morgan fingerprint density at radius 3 is 2.45 bits per heavy atom. The topological polar surface area (TPSA) is 49.4 Å². The lowest BCUT2D eigenvalue weighted by atomic mass is 10.1. The van der Waals surface area contributed by atoms with Gasteiger partial charge in [-0.05, 0) is 43.4 Å². The highest BCUT2D eigenvalue weighted by molar-refractivity contribution is 8.00. The second kappa shape index (κ2) is 9.97. The number of thioether (sulfide) groups is 1. The normalized spacial score (nSPS) is 18.8. The predicted molar refractivity (Wildman–Crippen MR) is 120 cm³/mol. The van der Waals surface area contributed by atoms with Crippen LogP contribution in [-0.4, -0.2) is 40.4 Å². The van der Waals surface area contributed by atoms with Crippen LogP contribution < -0.4 is 5.32 Å². The van der Waals surface area contributed by atoms with Gasteiger partial charge in [0.1, 0.15) is 6.04 Å². The molecule has 0 aliphatic carbocycles. The summed E-state index contributed by atoms with van der Waals surface area (Å²) in [7, 11) is 0. The van der Waals surface area contributed by atoms with Crippen LogP contribution in [0.25, 0.3) is 0 Å². The quantitative estimate of drug-likeness (QED) is 0.741. The molecular weight excluding hydrogens is 380 g/mol. The molecule has 2 unspecified atom stereocenters. The molecule has 2 aromatic carbocycles. The maximum Gasteiger partial charge on any atom is 0.255 e. The second-order valence-electron chi connectivity index (χ2n) is 8.04. The van der Waals surface area contributed by atoms with Crippen molar-refractivity contribution in [1.82, 2.24) is 10.2 Å². The first kappa shape index (κ1) is 21.4. The van der Waals surface area contributed by atoms with E-state index in [1.165, 1.54) is 5.56 Å². The summed E-state index contributed by atoms with van der Waals surface area (Å²) in [6.45, 7) is 6.89. The van der Waals surface area contributed by atoms with Gasteiger partial charge in [0.05, 0.1) is 5.37 Å². The second-order valence-corrected chi connectivity index (χ2v) is 9.25. The van der Waals surface area contributed by atoms with Gasteiger partial charge in [0, 0.05) is 17.9 Å². The molecule has 5 heteroatoms. The zero-order chi connectivity index (χ0) is 20.8. The molecule has 0 aromatic heterocycles. The molecule has 1 N–H and O–H groups in total. The SMILES string of the molecule is Cc1ccc(C(=O)N2C(CC(C)C)SCC2C(=O)NCCc2ccccc2)cc1. The number of carbonyl (C=O) groups is 2. The van der Waals surface area contributed by atoms with Gasteiger partial charge in [-0.3, -0.25) is 9.59 Å². The molecular formula is C24H30N2O2S. The molecule has 1 aliphatic heterocycles. The average molecular weight is 411 g/mol. The van der Waals surface area contributed by atoms with Crippen molar-refractivity contribution >= 4 is 23.6 Å². The van der Waals surface area contributed by atoms with Gasteiger partial charge in [-0.25, -0.2) is 0 Å². The number of amides is 2. The van der Waals surface area contributed by atoms with Crippen LogP contribution in [0.5, 0.6) is 0 Å². The van der Waals surface area contributed by atoms with Crippen molar-refractivity contribution in [2.24, 2.45) is 5.92 Å². The highest BCUT2D eigenvalue weighted by Gasteiger charge is 2.41. The van der Waals surface area contributed by atoms with Crippen LogP contribution in [0.1, 0.15) is 41.8 Å². The lowest BCUT2D eigenvalue weighted by molar-refractivity contribution is -0.124. The van der Waals surface area contributed by atoms with E-state index < -0.39 is 6.04 Å². The van der Waals surface area contributed by atoms with Gasteiger partial charge in [0.15, 0.2) is 0 Å². The summed E-state index contributed by atoms with van der Waals surface area (Å²) in [6.07, 6.45) is 1.67. The molecule has 154 valence electrons. The molecule has 0 saturated carbocycles. The highest BCUT2D eigenvalue weighted by atomic mass is 32.2. The van der Waals surface area contributed by atoms with Crippen LogP contribution in [0, 0.1) is 12.8 Å². The summed E-state index contributed by atoms with van der Waals surface area (Å²) >= 11 is 1.72. The number of nitrogens with zero attached hydrogens (tertiary/aromatic N) is 1. The average Bonchev–Trinajstić information content (AvgIpc) is 3.11. The van der Waals surface area contributed by atoms with Crippen molar-refractivity contribution in [3.63, 3.8) is 0 Å². The fraction of sp³-hybridized carbons (Fsp3) is 0.417. The molecule has 2 aromatic rings. The lowest BCUT2D eigenvalue weighted by Gasteiger charge is -2.30. The summed E-state index contributed by atoms with van der Waals surface area (Å²) in [6, 6.07) is 17.3. The molecule has 2 amide bonds. The van der Waals surface area contributed by atoms with E-state index in [-0.39, 0.29) is 17.2 Å². The van der Waals surface area contributed by atoms with Crippen molar-refractivity contribution in [1.29, 1.82) is 0 Å². The number of carbonyl (C=O) groups excluding carboxylic acids is 2. The molecule has 0 bridgehead atoms. The molecule has 1 saturated heterocycles. The summed E-state index contributed by atoms with van der Waals surface area (Å²) in [4.78, 5) is 28.1. The van der Waals surface area contributed by atoms with Crippen molar-refractivity contribution in [2.75, 3.05) is 12.3 Å². The number of benzene rings is 2. The maximum atomic E-state index is 13.3. The Balaban J connectivity index is 1.70. The Kier molecular flexibility index (Phi) is 7.37. The van der Waals surface area contributed by atoms with Crippen LogP contribution in [0.3, 0.4) is 0 Å². The maximum absolute atomic E-state index is 13.3. The predicted octanol–water partition coefficient (Wildman–Crippen LogP) is 4.28. The molecule has 0 spiro atoms. The summed E-state index contributed by atoms with van der Waals surface area (Å²) in [5.74, 6) is 0.997. The Labute approximate surface area is 178 Å². The molecule has 29 heavy (non-hydrogen) atoms. The molecule has 1 heterocycles. The molecule has 1 fully saturated rings. The molecule has 2 atom stereocenters. The van der Waals surface area contributed by atoms with Crippen LogP contribution >= 0.6 is 11.8 Å². The summed E-state index contributed by atoms with van der Waals surface area (Å²) in [5, 5.41) is 3.08. The van der Waals surface area contributed by atoms with Crippen LogP contribution in [0.4, 0.5) is 0 Å². The molecule has 0 radical (unpaired) electrons. The van der Waals surface area contributed by atoms with Crippen LogP contribution in [0.2, 0.25) is 0 Å². The van der Waals surface area contributed by atoms with E-state index in [9.17, 15) is 9.59 Å². The highest BCUT2D eigenvalue weighted by Crippen LogP contribution is 2.34. The van der Waals surface area contributed by atoms with Crippen molar-refractivity contribution in [3.05, 3.63) is 71.3 Å². The van der Waals surface area contributed by atoms with E-state index >= 15 is 0 Å². The van der Waals surface area contributed by atoms with Crippen molar-refractivity contribution in [2.45, 2.75) is 45.0 Å². The van der Waals surface area contributed by atoms with Crippen LogP contribution in [0.15, 0.2) is 54.6 Å². The van der Waals surface area contributed by atoms with Crippen LogP contribution in [-0.2, 0) is 11.2 Å². The van der Waals surface area contributed by atoms with Gasteiger partial charge in [-0.1, -0.05) is 61.9 Å². The smallest absolute Gasteiger partial charge is 0.255 e.